The number of ketones is 1. The summed E-state index contributed by atoms with van der Waals surface area (Å²) in [5.74, 6) is 0.550. The first-order valence-electron chi connectivity index (χ1n) is 6.97. The van der Waals surface area contributed by atoms with Crippen molar-refractivity contribution in [2.45, 2.75) is 6.23 Å². The van der Waals surface area contributed by atoms with E-state index in [9.17, 15) is 9.90 Å². The van der Waals surface area contributed by atoms with Crippen LogP contribution in [0.5, 0.6) is 11.5 Å². The highest BCUT2D eigenvalue weighted by molar-refractivity contribution is 7.80. The van der Waals surface area contributed by atoms with E-state index >= 15 is 0 Å². The highest BCUT2D eigenvalue weighted by atomic mass is 35.5. The van der Waals surface area contributed by atoms with Crippen LogP contribution in [0.1, 0.15) is 15.9 Å². The number of thiocarbonyl (C=S) groups is 1. The molecule has 126 valence electrons. The first-order valence-corrected chi connectivity index (χ1v) is 7.75. The molecule has 0 fully saturated rings. The number of aliphatic hydroxyl groups excluding tert-OH is 1. The normalized spacial score (nSPS) is 11.5. The molecule has 2 aromatic rings. The van der Waals surface area contributed by atoms with Gasteiger partial charge in [0.05, 0.1) is 14.2 Å². The van der Waals surface area contributed by atoms with E-state index in [0.29, 0.717) is 27.6 Å². The molecule has 2 aromatic carbocycles. The zero-order valence-corrected chi connectivity index (χ0v) is 14.6. The minimum absolute atomic E-state index is 0.214. The number of aliphatic hydroxyl groups is 1. The van der Waals surface area contributed by atoms with Crippen molar-refractivity contribution in [1.29, 1.82) is 0 Å². The smallest absolute Gasteiger partial charge is 0.211 e. The lowest BCUT2D eigenvalue weighted by Crippen LogP contribution is -2.40. The Morgan fingerprint density at radius 3 is 2.25 bits per heavy atom. The number of Topliss-reactive ketones (excluding diaryl/α,β-unsaturated/α-hetero) is 1. The molecule has 0 saturated heterocycles. The van der Waals surface area contributed by atoms with Crippen LogP contribution < -0.4 is 14.8 Å². The number of hydrogen-bond acceptors (Lipinski definition) is 5. The Morgan fingerprint density at radius 1 is 1.08 bits per heavy atom. The quantitative estimate of drug-likeness (QED) is 0.466. The monoisotopic (exact) mass is 365 g/mol. The Hall–Kier alpha value is -2.15. The largest absolute Gasteiger partial charge is 0.493 e. The fourth-order valence-corrected chi connectivity index (χ4v) is 2.39. The third-order valence-electron chi connectivity index (χ3n) is 3.29. The number of halogens is 1. The molecule has 5 nitrogen and oxygen atoms in total. The summed E-state index contributed by atoms with van der Waals surface area (Å²) in [5.41, 5.74) is 0.917. The fourth-order valence-electron chi connectivity index (χ4n) is 2.02. The second-order valence-electron chi connectivity index (χ2n) is 4.82. The molecule has 0 aliphatic carbocycles. The Balaban J connectivity index is 2.11. The number of rotatable bonds is 6. The first kappa shape index (κ1) is 18.2. The van der Waals surface area contributed by atoms with E-state index in [1.807, 2.05) is 0 Å². The van der Waals surface area contributed by atoms with Crippen LogP contribution in [0.25, 0.3) is 0 Å². The highest BCUT2D eigenvalue weighted by Crippen LogP contribution is 2.27. The minimum Gasteiger partial charge on any atom is -0.493 e. The van der Waals surface area contributed by atoms with Gasteiger partial charge in [0.25, 0.3) is 0 Å². The molecule has 0 saturated carbocycles. The maximum atomic E-state index is 12.2. The molecule has 7 heteroatoms. The van der Waals surface area contributed by atoms with Crippen LogP contribution in [0.2, 0.25) is 5.02 Å². The van der Waals surface area contributed by atoms with Crippen molar-refractivity contribution in [3.63, 3.8) is 0 Å². The van der Waals surface area contributed by atoms with Crippen molar-refractivity contribution in [3.8, 4) is 11.5 Å². The Labute approximate surface area is 150 Å². The van der Waals surface area contributed by atoms with Crippen molar-refractivity contribution in [3.05, 3.63) is 58.6 Å². The van der Waals surface area contributed by atoms with Gasteiger partial charge >= 0.3 is 0 Å². The summed E-state index contributed by atoms with van der Waals surface area (Å²) < 4.78 is 10.4. The minimum atomic E-state index is -1.47. The maximum Gasteiger partial charge on any atom is 0.211 e. The molecule has 0 aromatic heterocycles. The first-order chi connectivity index (χ1) is 11.5. The van der Waals surface area contributed by atoms with Crippen molar-refractivity contribution < 1.29 is 19.4 Å². The lowest BCUT2D eigenvalue weighted by Gasteiger charge is -2.15. The Bertz CT molecular complexity index is 749. The standard InChI is InChI=1S/C17H16ClNO4S/c1-22-13-8-5-11(9-14(13)23-2)17(24)19-16(21)15(20)10-3-6-12(18)7-4-10/h3-9,16,21H,1-2H3,(H,19,24)/t16-/m0/s1. The van der Waals surface area contributed by atoms with Crippen LogP contribution in [-0.4, -0.2) is 36.3 Å². The topological polar surface area (TPSA) is 67.8 Å². The number of methoxy groups -OCH3 is 2. The number of hydrogen-bond donors (Lipinski definition) is 2. The average molecular weight is 366 g/mol. The van der Waals surface area contributed by atoms with E-state index in [-0.39, 0.29) is 4.99 Å². The van der Waals surface area contributed by atoms with Gasteiger partial charge in [0.1, 0.15) is 4.99 Å². The van der Waals surface area contributed by atoms with E-state index in [0.717, 1.165) is 0 Å². The van der Waals surface area contributed by atoms with Crippen LogP contribution in [0.3, 0.4) is 0 Å². The molecule has 0 unspecified atom stereocenters. The van der Waals surface area contributed by atoms with Gasteiger partial charge in [-0.1, -0.05) is 23.8 Å². The predicted molar refractivity (Wildman–Crippen MR) is 96.2 cm³/mol. The van der Waals surface area contributed by atoms with Crippen LogP contribution in [-0.2, 0) is 0 Å². The van der Waals surface area contributed by atoms with Crippen LogP contribution in [0.15, 0.2) is 42.5 Å². The predicted octanol–water partition coefficient (Wildman–Crippen LogP) is 2.82. The van der Waals surface area contributed by atoms with E-state index in [2.05, 4.69) is 5.32 Å². The van der Waals surface area contributed by atoms with Crippen LogP contribution in [0.4, 0.5) is 0 Å². The molecular weight excluding hydrogens is 350 g/mol. The van der Waals surface area contributed by atoms with Crippen molar-refractivity contribution in [2.24, 2.45) is 0 Å². The van der Waals surface area contributed by atoms with Crippen molar-refractivity contribution in [2.75, 3.05) is 14.2 Å². The van der Waals surface area contributed by atoms with Gasteiger partial charge < -0.3 is 19.9 Å². The van der Waals surface area contributed by atoms with E-state index in [4.69, 9.17) is 33.3 Å². The summed E-state index contributed by atoms with van der Waals surface area (Å²) in [6, 6.07) is 11.3. The number of benzene rings is 2. The second kappa shape index (κ2) is 8.10. The summed E-state index contributed by atoms with van der Waals surface area (Å²) in [4.78, 5) is 12.4. The molecule has 0 spiro atoms. The van der Waals surface area contributed by atoms with Crippen molar-refractivity contribution >= 4 is 34.6 Å². The lowest BCUT2D eigenvalue weighted by molar-refractivity contribution is 0.0721. The van der Waals surface area contributed by atoms with Gasteiger partial charge in [-0.3, -0.25) is 4.79 Å². The molecule has 0 radical (unpaired) electrons. The van der Waals surface area contributed by atoms with Gasteiger partial charge in [-0.2, -0.15) is 0 Å². The maximum absolute atomic E-state index is 12.2. The van der Waals surface area contributed by atoms with E-state index < -0.39 is 12.0 Å². The van der Waals surface area contributed by atoms with Gasteiger partial charge in [0, 0.05) is 16.1 Å². The number of nitrogens with one attached hydrogen (secondary N) is 1. The zero-order valence-electron chi connectivity index (χ0n) is 13.1. The molecule has 2 rings (SSSR count). The van der Waals surface area contributed by atoms with Gasteiger partial charge in [-0.25, -0.2) is 0 Å². The SMILES string of the molecule is COc1ccc(C(=S)N[C@@H](O)C(=O)c2ccc(Cl)cc2)cc1OC. The van der Waals surface area contributed by atoms with E-state index in [1.54, 1.807) is 30.3 Å². The summed E-state index contributed by atoms with van der Waals surface area (Å²) in [6.45, 7) is 0. The summed E-state index contributed by atoms with van der Waals surface area (Å²) in [6.07, 6.45) is -1.47. The Morgan fingerprint density at radius 2 is 1.67 bits per heavy atom. The summed E-state index contributed by atoms with van der Waals surface area (Å²) in [5, 5.41) is 13.2. The molecular formula is C17H16ClNO4S. The lowest BCUT2D eigenvalue weighted by atomic mass is 10.1. The highest BCUT2D eigenvalue weighted by Gasteiger charge is 2.19. The van der Waals surface area contributed by atoms with E-state index in [1.165, 1.54) is 26.4 Å². The average Bonchev–Trinajstić information content (AvgIpc) is 2.60. The number of carbonyl (C=O) groups excluding carboxylic acids is 1. The summed E-state index contributed by atoms with van der Waals surface area (Å²) >= 11 is 11.0. The van der Waals surface area contributed by atoms with Gasteiger partial charge in [-0.15, -0.1) is 0 Å². The van der Waals surface area contributed by atoms with Crippen LogP contribution in [0, 0.1) is 0 Å². The van der Waals surface area contributed by atoms with Gasteiger partial charge in [0.15, 0.2) is 17.7 Å². The Kier molecular flexibility index (Phi) is 6.14. The molecule has 2 N–H and O–H groups in total. The molecule has 0 aliphatic rings. The third kappa shape index (κ3) is 4.23. The van der Waals surface area contributed by atoms with Gasteiger partial charge in [0.2, 0.25) is 5.78 Å². The summed E-state index contributed by atoms with van der Waals surface area (Å²) in [7, 11) is 3.04. The number of carbonyl (C=O) groups is 1. The zero-order chi connectivity index (χ0) is 17.7. The molecule has 0 amide bonds. The fraction of sp³-hybridized carbons (Fsp3) is 0.176. The van der Waals surface area contributed by atoms with Crippen LogP contribution >= 0.6 is 23.8 Å². The molecule has 0 aliphatic heterocycles. The number of ether oxygens (including phenoxy) is 2. The third-order valence-corrected chi connectivity index (χ3v) is 3.90. The van der Waals surface area contributed by atoms with Crippen molar-refractivity contribution in [1.82, 2.24) is 5.32 Å². The molecule has 24 heavy (non-hydrogen) atoms. The van der Waals surface area contributed by atoms with Gasteiger partial charge in [-0.05, 0) is 42.5 Å². The molecule has 0 bridgehead atoms. The second-order valence-corrected chi connectivity index (χ2v) is 5.66. The molecule has 1 atom stereocenters. The molecule has 0 heterocycles.